The van der Waals surface area contributed by atoms with Crippen LogP contribution in [0.15, 0.2) is 18.2 Å². The van der Waals surface area contributed by atoms with Crippen LogP contribution in [0.5, 0.6) is 0 Å². The van der Waals surface area contributed by atoms with Crippen molar-refractivity contribution < 1.29 is 0 Å². The minimum atomic E-state index is 0.220. The van der Waals surface area contributed by atoms with Gasteiger partial charge >= 0.3 is 0 Å². The molecule has 15 heavy (non-hydrogen) atoms. The van der Waals surface area contributed by atoms with Gasteiger partial charge in [0.2, 0.25) is 0 Å². The first-order valence-corrected chi connectivity index (χ1v) is 5.98. The lowest BCUT2D eigenvalue weighted by Gasteiger charge is -2.17. The molecule has 1 unspecified atom stereocenters. The van der Waals surface area contributed by atoms with E-state index in [-0.39, 0.29) is 6.04 Å². The standard InChI is InChI=1S/C14H23N/c1-4-5-6-10-13(15)14-11(2)8-7-9-12(14)3/h7-9,13H,4-6,10,15H2,1-3H3. The summed E-state index contributed by atoms with van der Waals surface area (Å²) in [6.45, 7) is 6.54. The smallest absolute Gasteiger partial charge is 0.0300 e. The first-order chi connectivity index (χ1) is 7.16. The minimum absolute atomic E-state index is 0.220. The molecule has 84 valence electrons. The Hall–Kier alpha value is -0.820. The van der Waals surface area contributed by atoms with Gasteiger partial charge in [0.05, 0.1) is 0 Å². The zero-order valence-corrected chi connectivity index (χ0v) is 10.2. The highest BCUT2D eigenvalue weighted by Gasteiger charge is 2.10. The van der Waals surface area contributed by atoms with Crippen LogP contribution in [0.3, 0.4) is 0 Å². The Morgan fingerprint density at radius 2 is 1.73 bits per heavy atom. The van der Waals surface area contributed by atoms with E-state index in [1.165, 1.54) is 36.0 Å². The molecule has 1 atom stereocenters. The Labute approximate surface area is 93.7 Å². The summed E-state index contributed by atoms with van der Waals surface area (Å²) in [6.07, 6.45) is 4.91. The van der Waals surface area contributed by atoms with E-state index in [2.05, 4.69) is 39.0 Å². The number of aryl methyl sites for hydroxylation is 2. The Bertz CT molecular complexity index is 284. The summed E-state index contributed by atoms with van der Waals surface area (Å²) in [5, 5.41) is 0. The minimum Gasteiger partial charge on any atom is -0.324 e. The van der Waals surface area contributed by atoms with Crippen molar-refractivity contribution in [3.63, 3.8) is 0 Å². The largest absolute Gasteiger partial charge is 0.324 e. The number of nitrogens with two attached hydrogens (primary N) is 1. The topological polar surface area (TPSA) is 26.0 Å². The molecule has 0 heterocycles. The van der Waals surface area contributed by atoms with Gasteiger partial charge in [0, 0.05) is 6.04 Å². The van der Waals surface area contributed by atoms with Crippen LogP contribution in [0.2, 0.25) is 0 Å². The number of hydrogen-bond donors (Lipinski definition) is 1. The van der Waals surface area contributed by atoms with Gasteiger partial charge in [0.15, 0.2) is 0 Å². The van der Waals surface area contributed by atoms with Crippen molar-refractivity contribution in [3.05, 3.63) is 34.9 Å². The average molecular weight is 205 g/mol. The SMILES string of the molecule is CCCCCC(N)c1c(C)cccc1C. The third kappa shape index (κ3) is 3.35. The normalized spacial score (nSPS) is 12.8. The van der Waals surface area contributed by atoms with E-state index in [0.717, 1.165) is 6.42 Å². The zero-order valence-electron chi connectivity index (χ0n) is 10.2. The van der Waals surface area contributed by atoms with Gasteiger partial charge in [-0.2, -0.15) is 0 Å². The van der Waals surface area contributed by atoms with Gasteiger partial charge in [-0.05, 0) is 37.0 Å². The van der Waals surface area contributed by atoms with Crippen LogP contribution in [0.1, 0.15) is 55.3 Å². The summed E-state index contributed by atoms with van der Waals surface area (Å²) in [5.41, 5.74) is 10.3. The van der Waals surface area contributed by atoms with Crippen molar-refractivity contribution in [1.29, 1.82) is 0 Å². The summed E-state index contributed by atoms with van der Waals surface area (Å²) in [7, 11) is 0. The highest BCUT2D eigenvalue weighted by Crippen LogP contribution is 2.24. The highest BCUT2D eigenvalue weighted by atomic mass is 14.6. The molecule has 1 aromatic rings. The predicted molar refractivity (Wildman–Crippen MR) is 67.0 cm³/mol. The highest BCUT2D eigenvalue weighted by molar-refractivity contribution is 5.35. The molecule has 0 aliphatic rings. The summed E-state index contributed by atoms with van der Waals surface area (Å²) < 4.78 is 0. The van der Waals surface area contributed by atoms with E-state index in [1.807, 2.05) is 0 Å². The predicted octanol–water partition coefficient (Wildman–Crippen LogP) is 3.88. The van der Waals surface area contributed by atoms with Crippen LogP contribution in [-0.2, 0) is 0 Å². The Balaban J connectivity index is 2.68. The van der Waals surface area contributed by atoms with Crippen LogP contribution < -0.4 is 5.73 Å². The first kappa shape index (κ1) is 12.3. The first-order valence-electron chi connectivity index (χ1n) is 5.98. The van der Waals surface area contributed by atoms with Gasteiger partial charge in [-0.1, -0.05) is 44.4 Å². The second-order valence-electron chi connectivity index (χ2n) is 4.41. The van der Waals surface area contributed by atoms with E-state index in [1.54, 1.807) is 0 Å². The third-order valence-electron chi connectivity index (χ3n) is 3.03. The van der Waals surface area contributed by atoms with E-state index < -0.39 is 0 Å². The van der Waals surface area contributed by atoms with E-state index >= 15 is 0 Å². The van der Waals surface area contributed by atoms with Crippen LogP contribution >= 0.6 is 0 Å². The molecule has 1 aromatic carbocycles. The third-order valence-corrected chi connectivity index (χ3v) is 3.03. The molecule has 0 aliphatic carbocycles. The Morgan fingerprint density at radius 1 is 1.13 bits per heavy atom. The van der Waals surface area contributed by atoms with Gasteiger partial charge < -0.3 is 5.73 Å². The second-order valence-corrected chi connectivity index (χ2v) is 4.41. The summed E-state index contributed by atoms with van der Waals surface area (Å²) in [6, 6.07) is 6.63. The van der Waals surface area contributed by atoms with E-state index in [9.17, 15) is 0 Å². The van der Waals surface area contributed by atoms with Crippen molar-refractivity contribution in [1.82, 2.24) is 0 Å². The molecular formula is C14H23N. The summed E-state index contributed by atoms with van der Waals surface area (Å²) >= 11 is 0. The van der Waals surface area contributed by atoms with Crippen molar-refractivity contribution in [3.8, 4) is 0 Å². The molecule has 0 bridgehead atoms. The molecule has 0 amide bonds. The lowest BCUT2D eigenvalue weighted by atomic mass is 9.93. The molecule has 1 heteroatoms. The lowest BCUT2D eigenvalue weighted by Crippen LogP contribution is -2.13. The molecule has 0 aliphatic heterocycles. The van der Waals surface area contributed by atoms with E-state index in [4.69, 9.17) is 5.73 Å². The molecule has 0 aromatic heterocycles. The zero-order chi connectivity index (χ0) is 11.3. The molecule has 0 saturated heterocycles. The van der Waals surface area contributed by atoms with Crippen molar-refractivity contribution in [2.45, 2.75) is 52.5 Å². The maximum atomic E-state index is 6.24. The van der Waals surface area contributed by atoms with Crippen LogP contribution in [0, 0.1) is 13.8 Å². The van der Waals surface area contributed by atoms with E-state index in [0.29, 0.717) is 0 Å². The number of unbranched alkanes of at least 4 members (excludes halogenated alkanes) is 2. The van der Waals surface area contributed by atoms with Gasteiger partial charge in [0.25, 0.3) is 0 Å². The number of hydrogen-bond acceptors (Lipinski definition) is 1. The second kappa shape index (κ2) is 5.92. The Kier molecular flexibility index (Phi) is 4.83. The van der Waals surface area contributed by atoms with Gasteiger partial charge in [-0.25, -0.2) is 0 Å². The molecule has 2 N–H and O–H groups in total. The maximum absolute atomic E-state index is 6.24. The molecule has 0 saturated carbocycles. The fourth-order valence-corrected chi connectivity index (χ4v) is 2.17. The van der Waals surface area contributed by atoms with Crippen molar-refractivity contribution in [2.24, 2.45) is 5.73 Å². The number of rotatable bonds is 5. The molecular weight excluding hydrogens is 182 g/mol. The van der Waals surface area contributed by atoms with Crippen molar-refractivity contribution >= 4 is 0 Å². The molecule has 0 radical (unpaired) electrons. The maximum Gasteiger partial charge on any atom is 0.0300 e. The molecule has 1 rings (SSSR count). The Morgan fingerprint density at radius 3 is 2.27 bits per heavy atom. The molecule has 0 fully saturated rings. The van der Waals surface area contributed by atoms with Crippen LogP contribution in [0.4, 0.5) is 0 Å². The summed E-state index contributed by atoms with van der Waals surface area (Å²) in [5.74, 6) is 0. The van der Waals surface area contributed by atoms with Gasteiger partial charge in [-0.3, -0.25) is 0 Å². The monoisotopic (exact) mass is 205 g/mol. The molecule has 1 nitrogen and oxygen atoms in total. The van der Waals surface area contributed by atoms with Gasteiger partial charge in [-0.15, -0.1) is 0 Å². The average Bonchev–Trinajstić information content (AvgIpc) is 2.18. The van der Waals surface area contributed by atoms with Crippen molar-refractivity contribution in [2.75, 3.05) is 0 Å². The van der Waals surface area contributed by atoms with Crippen LogP contribution in [-0.4, -0.2) is 0 Å². The summed E-state index contributed by atoms with van der Waals surface area (Å²) in [4.78, 5) is 0. The fraction of sp³-hybridized carbons (Fsp3) is 0.571. The van der Waals surface area contributed by atoms with Gasteiger partial charge in [0.1, 0.15) is 0 Å². The fourth-order valence-electron chi connectivity index (χ4n) is 2.17. The molecule has 0 spiro atoms. The number of benzene rings is 1. The van der Waals surface area contributed by atoms with Crippen LogP contribution in [0.25, 0.3) is 0 Å². The quantitative estimate of drug-likeness (QED) is 0.725. The lowest BCUT2D eigenvalue weighted by molar-refractivity contribution is 0.577.